The molecule has 3 nitrogen and oxygen atoms in total. The number of aromatic nitrogens is 1. The van der Waals surface area contributed by atoms with Crippen molar-refractivity contribution in [1.82, 2.24) is 4.98 Å². The van der Waals surface area contributed by atoms with Crippen molar-refractivity contribution in [1.29, 1.82) is 0 Å². The maximum atomic E-state index is 6.03. The van der Waals surface area contributed by atoms with Crippen LogP contribution in [0.4, 0.5) is 0 Å². The molecule has 0 saturated carbocycles. The third-order valence-corrected chi connectivity index (χ3v) is 2.84. The summed E-state index contributed by atoms with van der Waals surface area (Å²) < 4.78 is 6.23. The molecule has 0 aromatic carbocycles. The summed E-state index contributed by atoms with van der Waals surface area (Å²) in [7, 11) is 0. The Morgan fingerprint density at radius 3 is 2.67 bits per heavy atom. The molecule has 0 spiro atoms. The molecule has 2 N–H and O–H groups in total. The number of nitrogens with two attached hydrogens (primary N) is 1. The van der Waals surface area contributed by atoms with Gasteiger partial charge in [-0.1, -0.05) is 0 Å². The molecule has 15 heavy (non-hydrogen) atoms. The van der Waals surface area contributed by atoms with Gasteiger partial charge < -0.3 is 10.2 Å². The summed E-state index contributed by atoms with van der Waals surface area (Å²) in [5.41, 5.74) is 7.18. The third-order valence-electron chi connectivity index (χ3n) is 2.19. The summed E-state index contributed by atoms with van der Waals surface area (Å²) in [5.74, 6) is 0.784. The van der Waals surface area contributed by atoms with E-state index in [-0.39, 0.29) is 6.04 Å². The van der Waals surface area contributed by atoms with Crippen molar-refractivity contribution in [2.75, 3.05) is 0 Å². The lowest BCUT2D eigenvalue weighted by Gasteiger charge is -2.09. The monoisotopic (exact) mass is 266 g/mol. The molecule has 4 heteroatoms. The minimum atomic E-state index is -0.128. The number of pyridine rings is 1. The van der Waals surface area contributed by atoms with E-state index in [1.54, 1.807) is 18.7 Å². The summed E-state index contributed by atoms with van der Waals surface area (Å²) in [4.78, 5) is 3.96. The number of halogens is 1. The van der Waals surface area contributed by atoms with E-state index >= 15 is 0 Å². The summed E-state index contributed by atoms with van der Waals surface area (Å²) >= 11 is 3.39. The zero-order valence-electron chi connectivity index (χ0n) is 8.06. The smallest absolute Gasteiger partial charge is 0.134 e. The fraction of sp³-hybridized carbons (Fsp3) is 0.182. The van der Waals surface area contributed by atoms with Gasteiger partial charge in [-0.25, -0.2) is 0 Å². The van der Waals surface area contributed by atoms with Crippen LogP contribution in [0.1, 0.15) is 17.4 Å². The lowest BCUT2D eigenvalue weighted by Crippen LogP contribution is -2.12. The van der Waals surface area contributed by atoms with E-state index in [1.807, 2.05) is 18.2 Å². The van der Waals surface area contributed by atoms with Crippen molar-refractivity contribution in [2.24, 2.45) is 5.73 Å². The molecule has 0 aliphatic rings. The number of hydrogen-bond donors (Lipinski definition) is 1. The summed E-state index contributed by atoms with van der Waals surface area (Å²) in [6.45, 7) is 0. The highest BCUT2D eigenvalue weighted by atomic mass is 79.9. The number of nitrogens with zero attached hydrogens (tertiary/aromatic N) is 1. The average Bonchev–Trinajstić information content (AvgIpc) is 2.66. The van der Waals surface area contributed by atoms with Crippen LogP contribution in [0.5, 0.6) is 0 Å². The van der Waals surface area contributed by atoms with Gasteiger partial charge in [-0.3, -0.25) is 4.98 Å². The molecular weight excluding hydrogens is 256 g/mol. The summed E-state index contributed by atoms with van der Waals surface area (Å²) in [5, 5.41) is 0. The second kappa shape index (κ2) is 4.59. The van der Waals surface area contributed by atoms with Crippen molar-refractivity contribution < 1.29 is 4.42 Å². The van der Waals surface area contributed by atoms with Crippen molar-refractivity contribution in [3.63, 3.8) is 0 Å². The van der Waals surface area contributed by atoms with Gasteiger partial charge in [-0.05, 0) is 46.1 Å². The Hall–Kier alpha value is -1.13. The molecule has 0 radical (unpaired) electrons. The third kappa shape index (κ3) is 2.46. The Kier molecular flexibility index (Phi) is 3.18. The first kappa shape index (κ1) is 10.4. The quantitative estimate of drug-likeness (QED) is 0.930. The van der Waals surface area contributed by atoms with Gasteiger partial charge in [0.1, 0.15) is 5.76 Å². The van der Waals surface area contributed by atoms with E-state index < -0.39 is 0 Å². The van der Waals surface area contributed by atoms with Crippen LogP contribution in [-0.2, 0) is 6.42 Å². The van der Waals surface area contributed by atoms with Crippen molar-refractivity contribution >= 4 is 15.9 Å². The zero-order chi connectivity index (χ0) is 10.7. The number of rotatable bonds is 3. The van der Waals surface area contributed by atoms with Gasteiger partial charge in [0.05, 0.1) is 16.8 Å². The highest BCUT2D eigenvalue weighted by molar-refractivity contribution is 9.10. The van der Waals surface area contributed by atoms with E-state index in [0.29, 0.717) is 0 Å². The van der Waals surface area contributed by atoms with Crippen LogP contribution in [0.3, 0.4) is 0 Å². The lowest BCUT2D eigenvalue weighted by molar-refractivity contribution is 0.462. The molecule has 2 heterocycles. The van der Waals surface area contributed by atoms with Gasteiger partial charge in [-0.15, -0.1) is 0 Å². The minimum Gasteiger partial charge on any atom is -0.466 e. The first-order valence-electron chi connectivity index (χ1n) is 4.65. The molecule has 2 aromatic heterocycles. The lowest BCUT2D eigenvalue weighted by atomic mass is 10.1. The predicted molar refractivity (Wildman–Crippen MR) is 61.3 cm³/mol. The van der Waals surface area contributed by atoms with E-state index in [0.717, 1.165) is 22.2 Å². The van der Waals surface area contributed by atoms with Crippen LogP contribution < -0.4 is 5.73 Å². The van der Waals surface area contributed by atoms with Gasteiger partial charge in [0.2, 0.25) is 0 Å². The molecular formula is C11H11BrN2O. The van der Waals surface area contributed by atoms with Crippen LogP contribution in [0.25, 0.3) is 0 Å². The largest absolute Gasteiger partial charge is 0.466 e. The predicted octanol–water partition coefficient (Wildman–Crippen LogP) is 2.68. The van der Waals surface area contributed by atoms with Gasteiger partial charge in [0, 0.05) is 12.4 Å². The van der Waals surface area contributed by atoms with E-state index in [2.05, 4.69) is 20.9 Å². The SMILES string of the molecule is NC(Cc1ccncc1)c1occc1Br. The first-order valence-corrected chi connectivity index (χ1v) is 5.44. The normalized spacial score (nSPS) is 12.7. The van der Waals surface area contributed by atoms with Crippen LogP contribution in [0.2, 0.25) is 0 Å². The summed E-state index contributed by atoms with van der Waals surface area (Å²) in [6, 6.07) is 5.63. The van der Waals surface area contributed by atoms with Crippen molar-refractivity contribution in [3.8, 4) is 0 Å². The van der Waals surface area contributed by atoms with Gasteiger partial charge >= 0.3 is 0 Å². The first-order chi connectivity index (χ1) is 7.27. The minimum absolute atomic E-state index is 0.128. The Labute approximate surface area is 96.4 Å². The molecule has 2 aromatic rings. The highest BCUT2D eigenvalue weighted by Gasteiger charge is 2.13. The molecule has 78 valence electrons. The molecule has 0 amide bonds. The Bertz CT molecular complexity index is 427. The number of furan rings is 1. The van der Waals surface area contributed by atoms with Crippen LogP contribution in [0, 0.1) is 0 Å². The Balaban J connectivity index is 2.11. The van der Waals surface area contributed by atoms with Gasteiger partial charge in [-0.2, -0.15) is 0 Å². The van der Waals surface area contributed by atoms with E-state index in [4.69, 9.17) is 10.2 Å². The van der Waals surface area contributed by atoms with Crippen LogP contribution in [-0.4, -0.2) is 4.98 Å². The highest BCUT2D eigenvalue weighted by Crippen LogP contribution is 2.25. The average molecular weight is 267 g/mol. The molecule has 0 saturated heterocycles. The van der Waals surface area contributed by atoms with Gasteiger partial charge in [0.25, 0.3) is 0 Å². The Morgan fingerprint density at radius 2 is 2.07 bits per heavy atom. The van der Waals surface area contributed by atoms with Crippen LogP contribution in [0.15, 0.2) is 45.7 Å². The fourth-order valence-electron chi connectivity index (χ4n) is 1.44. The Morgan fingerprint density at radius 1 is 1.33 bits per heavy atom. The van der Waals surface area contributed by atoms with E-state index in [9.17, 15) is 0 Å². The van der Waals surface area contributed by atoms with Crippen molar-refractivity contribution in [3.05, 3.63) is 52.7 Å². The molecule has 0 aliphatic carbocycles. The number of hydrogen-bond acceptors (Lipinski definition) is 3. The zero-order valence-corrected chi connectivity index (χ0v) is 9.65. The van der Waals surface area contributed by atoms with Gasteiger partial charge in [0.15, 0.2) is 0 Å². The molecule has 2 rings (SSSR count). The van der Waals surface area contributed by atoms with E-state index in [1.165, 1.54) is 0 Å². The second-order valence-corrected chi connectivity index (χ2v) is 4.15. The fourth-order valence-corrected chi connectivity index (χ4v) is 1.93. The molecule has 1 atom stereocenters. The molecule has 0 fully saturated rings. The molecule has 0 aliphatic heterocycles. The second-order valence-electron chi connectivity index (χ2n) is 3.30. The maximum Gasteiger partial charge on any atom is 0.134 e. The van der Waals surface area contributed by atoms with Crippen LogP contribution >= 0.6 is 15.9 Å². The summed E-state index contributed by atoms with van der Waals surface area (Å²) in [6.07, 6.45) is 5.90. The van der Waals surface area contributed by atoms with Crippen molar-refractivity contribution in [2.45, 2.75) is 12.5 Å². The topological polar surface area (TPSA) is 52.0 Å². The maximum absolute atomic E-state index is 6.03. The molecule has 1 unspecified atom stereocenters. The standard InChI is InChI=1S/C11H11BrN2O/c12-9-3-6-15-11(9)10(13)7-8-1-4-14-5-2-8/h1-6,10H,7,13H2. The molecule has 0 bridgehead atoms.